The molecule has 3 nitrogen and oxygen atoms in total. The van der Waals surface area contributed by atoms with Crippen LogP contribution in [0.4, 0.5) is 8.78 Å². The summed E-state index contributed by atoms with van der Waals surface area (Å²) in [7, 11) is 0. The lowest BCUT2D eigenvalue weighted by Gasteiger charge is -2.03. The van der Waals surface area contributed by atoms with Gasteiger partial charge >= 0.3 is 0 Å². The molecule has 1 heterocycles. The number of hydrogen-bond acceptors (Lipinski definition) is 2. The number of aromatic amines is 1. The Morgan fingerprint density at radius 1 is 1.62 bits per heavy atom. The predicted octanol–water partition coefficient (Wildman–Crippen LogP) is 1.38. The molecular weight excluding hydrogens is 178 g/mol. The minimum Gasteiger partial charge on any atom is -0.360 e. The first-order chi connectivity index (χ1) is 6.16. The summed E-state index contributed by atoms with van der Waals surface area (Å²) in [6.45, 7) is 0. The molecule has 0 saturated carbocycles. The molecule has 0 spiro atoms. The van der Waals surface area contributed by atoms with Crippen molar-refractivity contribution in [1.29, 1.82) is 5.26 Å². The van der Waals surface area contributed by atoms with Crippen molar-refractivity contribution >= 4 is 0 Å². The van der Waals surface area contributed by atoms with Crippen molar-refractivity contribution in [2.24, 2.45) is 0 Å². The van der Waals surface area contributed by atoms with Crippen LogP contribution in [0.25, 0.3) is 0 Å². The summed E-state index contributed by atoms with van der Waals surface area (Å²) in [4.78, 5) is 13.3. The van der Waals surface area contributed by atoms with Crippen LogP contribution in [0.3, 0.4) is 0 Å². The van der Waals surface area contributed by atoms with Crippen molar-refractivity contribution in [2.45, 2.75) is 12.8 Å². The van der Waals surface area contributed by atoms with Gasteiger partial charge in [0.1, 0.15) is 0 Å². The minimum absolute atomic E-state index is 0.153. The summed E-state index contributed by atoms with van der Waals surface area (Å²) < 4.78 is 24.5. The second-order valence-electron chi connectivity index (χ2n) is 2.37. The zero-order chi connectivity index (χ0) is 9.84. The van der Waals surface area contributed by atoms with Crippen molar-refractivity contribution in [2.75, 3.05) is 0 Å². The van der Waals surface area contributed by atoms with Gasteiger partial charge in [-0.1, -0.05) is 0 Å². The second kappa shape index (κ2) is 3.81. The molecule has 0 aliphatic rings. The van der Waals surface area contributed by atoms with Crippen LogP contribution in [0, 0.1) is 11.3 Å². The molecule has 0 fully saturated rings. The molecule has 1 N–H and O–H groups in total. The number of halogens is 2. The van der Waals surface area contributed by atoms with E-state index in [-0.39, 0.29) is 12.0 Å². The molecule has 0 amide bonds. The van der Waals surface area contributed by atoms with E-state index in [2.05, 4.69) is 4.98 Å². The summed E-state index contributed by atoms with van der Waals surface area (Å²) in [5.74, 6) is 0. The molecule has 0 aliphatic carbocycles. The second-order valence-corrected chi connectivity index (χ2v) is 2.37. The van der Waals surface area contributed by atoms with E-state index in [1.165, 1.54) is 0 Å². The van der Waals surface area contributed by atoms with Gasteiger partial charge in [0.25, 0.3) is 6.43 Å². The van der Waals surface area contributed by atoms with E-state index >= 15 is 0 Å². The number of pyridine rings is 1. The number of H-pyrrole nitrogens is 1. The Morgan fingerprint density at radius 2 is 2.31 bits per heavy atom. The quantitative estimate of drug-likeness (QED) is 0.754. The van der Waals surface area contributed by atoms with Gasteiger partial charge in [0.15, 0.2) is 5.43 Å². The van der Waals surface area contributed by atoms with E-state index in [1.54, 1.807) is 6.07 Å². The third kappa shape index (κ3) is 1.90. The van der Waals surface area contributed by atoms with Gasteiger partial charge in [0.2, 0.25) is 0 Å². The highest BCUT2D eigenvalue weighted by atomic mass is 19.3. The van der Waals surface area contributed by atoms with Crippen molar-refractivity contribution in [3.63, 3.8) is 0 Å². The summed E-state index contributed by atoms with van der Waals surface area (Å²) in [6.07, 6.45) is -1.90. The standard InChI is InChI=1S/C8H6F2N2O/c9-8(10)7-5(1-3-11)6(13)2-4-12-7/h2,4,8H,1H2,(H,12,13). The average molecular weight is 184 g/mol. The van der Waals surface area contributed by atoms with Crippen LogP contribution in [0.5, 0.6) is 0 Å². The van der Waals surface area contributed by atoms with Crippen LogP contribution in [-0.4, -0.2) is 4.98 Å². The Morgan fingerprint density at radius 3 is 2.85 bits per heavy atom. The lowest BCUT2D eigenvalue weighted by molar-refractivity contribution is 0.145. The van der Waals surface area contributed by atoms with E-state index in [4.69, 9.17) is 5.26 Å². The maximum atomic E-state index is 12.3. The SMILES string of the molecule is N#CCc1c(C(F)F)[nH]ccc1=O. The summed E-state index contributed by atoms with van der Waals surface area (Å²) in [6, 6.07) is 2.79. The van der Waals surface area contributed by atoms with Gasteiger partial charge in [0.05, 0.1) is 18.2 Å². The monoisotopic (exact) mass is 184 g/mol. The molecule has 0 aromatic carbocycles. The highest BCUT2D eigenvalue weighted by Gasteiger charge is 2.15. The molecule has 1 aromatic rings. The molecule has 0 aliphatic heterocycles. The topological polar surface area (TPSA) is 56.6 Å². The number of nitrogens with one attached hydrogen (secondary N) is 1. The largest absolute Gasteiger partial charge is 0.360 e. The maximum Gasteiger partial charge on any atom is 0.278 e. The van der Waals surface area contributed by atoms with Crippen LogP contribution in [0.1, 0.15) is 17.7 Å². The number of hydrogen-bond donors (Lipinski definition) is 1. The first-order valence-corrected chi connectivity index (χ1v) is 3.52. The first kappa shape index (κ1) is 9.39. The van der Waals surface area contributed by atoms with Crippen molar-refractivity contribution < 1.29 is 8.78 Å². The third-order valence-electron chi connectivity index (χ3n) is 1.57. The Balaban J connectivity index is 3.27. The maximum absolute atomic E-state index is 12.3. The predicted molar refractivity (Wildman–Crippen MR) is 41.3 cm³/mol. The van der Waals surface area contributed by atoms with E-state index in [0.717, 1.165) is 12.3 Å². The van der Waals surface area contributed by atoms with E-state index in [0.29, 0.717) is 0 Å². The summed E-state index contributed by atoms with van der Waals surface area (Å²) in [5.41, 5.74) is -1.15. The van der Waals surface area contributed by atoms with Gasteiger partial charge < -0.3 is 4.98 Å². The Labute approximate surface area is 72.6 Å². The molecule has 0 saturated heterocycles. The van der Waals surface area contributed by atoms with Gasteiger partial charge in [-0.2, -0.15) is 5.26 Å². The number of nitrogens with zero attached hydrogens (tertiary/aromatic N) is 1. The molecule has 1 rings (SSSR count). The number of alkyl halides is 2. The normalized spacial score (nSPS) is 10.0. The third-order valence-corrected chi connectivity index (χ3v) is 1.57. The average Bonchev–Trinajstić information content (AvgIpc) is 2.08. The number of rotatable bonds is 2. The molecule has 5 heteroatoms. The first-order valence-electron chi connectivity index (χ1n) is 3.52. The van der Waals surface area contributed by atoms with Crippen LogP contribution in [0.2, 0.25) is 0 Å². The van der Waals surface area contributed by atoms with E-state index in [9.17, 15) is 13.6 Å². The van der Waals surface area contributed by atoms with Gasteiger partial charge in [0, 0.05) is 17.8 Å². The van der Waals surface area contributed by atoms with Gasteiger partial charge in [-0.05, 0) is 0 Å². The van der Waals surface area contributed by atoms with Crippen LogP contribution < -0.4 is 5.43 Å². The lowest BCUT2D eigenvalue weighted by Crippen LogP contribution is -2.12. The molecule has 0 bridgehead atoms. The fourth-order valence-electron chi connectivity index (χ4n) is 0.984. The zero-order valence-corrected chi connectivity index (χ0v) is 6.55. The van der Waals surface area contributed by atoms with Crippen molar-refractivity contribution in [1.82, 2.24) is 4.98 Å². The summed E-state index contributed by atoms with van der Waals surface area (Å²) >= 11 is 0. The Hall–Kier alpha value is -1.70. The highest BCUT2D eigenvalue weighted by Crippen LogP contribution is 2.17. The fourth-order valence-corrected chi connectivity index (χ4v) is 0.984. The lowest BCUT2D eigenvalue weighted by atomic mass is 10.1. The molecular formula is C8H6F2N2O. The Bertz CT molecular complexity index is 392. The van der Waals surface area contributed by atoms with E-state index < -0.39 is 17.5 Å². The van der Waals surface area contributed by atoms with Crippen LogP contribution in [0.15, 0.2) is 17.1 Å². The van der Waals surface area contributed by atoms with Gasteiger partial charge in [-0.3, -0.25) is 4.79 Å². The molecule has 0 radical (unpaired) electrons. The van der Waals surface area contributed by atoms with E-state index in [1.807, 2.05) is 0 Å². The number of aromatic nitrogens is 1. The Kier molecular flexibility index (Phi) is 2.75. The summed E-state index contributed by atoms with van der Waals surface area (Å²) in [5, 5.41) is 8.30. The molecule has 13 heavy (non-hydrogen) atoms. The van der Waals surface area contributed by atoms with Crippen molar-refractivity contribution in [3.05, 3.63) is 33.7 Å². The number of nitriles is 1. The highest BCUT2D eigenvalue weighted by molar-refractivity contribution is 5.23. The van der Waals surface area contributed by atoms with Crippen LogP contribution in [-0.2, 0) is 6.42 Å². The minimum atomic E-state index is -2.75. The smallest absolute Gasteiger partial charge is 0.278 e. The molecule has 68 valence electrons. The van der Waals surface area contributed by atoms with Crippen molar-refractivity contribution in [3.8, 4) is 6.07 Å². The molecule has 1 aromatic heterocycles. The van der Waals surface area contributed by atoms with Gasteiger partial charge in [-0.25, -0.2) is 8.78 Å². The molecule has 0 atom stereocenters. The van der Waals surface area contributed by atoms with Gasteiger partial charge in [-0.15, -0.1) is 0 Å². The molecule has 0 unspecified atom stereocenters. The van der Waals surface area contributed by atoms with Crippen LogP contribution >= 0.6 is 0 Å². The zero-order valence-electron chi connectivity index (χ0n) is 6.55. The fraction of sp³-hybridized carbons (Fsp3) is 0.250.